The van der Waals surface area contributed by atoms with Crippen LogP contribution in [0.1, 0.15) is 37.7 Å². The van der Waals surface area contributed by atoms with Gasteiger partial charge in [0.2, 0.25) is 0 Å². The van der Waals surface area contributed by atoms with E-state index < -0.39 is 0 Å². The summed E-state index contributed by atoms with van der Waals surface area (Å²) in [7, 11) is 1.93. The molecule has 4 nitrogen and oxygen atoms in total. The summed E-state index contributed by atoms with van der Waals surface area (Å²) in [6.45, 7) is 2.75. The maximum absolute atomic E-state index is 13.0. The Kier molecular flexibility index (Phi) is 6.31. The van der Waals surface area contributed by atoms with Gasteiger partial charge in [0.1, 0.15) is 11.6 Å². The molecular formula is C23H28FN3OS. The molecule has 4 rings (SSSR count). The summed E-state index contributed by atoms with van der Waals surface area (Å²) in [5.74, 6) is 0.498. The lowest BCUT2D eigenvalue weighted by Crippen LogP contribution is -2.40. The summed E-state index contributed by atoms with van der Waals surface area (Å²) in [5.41, 5.74) is 2.72. The van der Waals surface area contributed by atoms with Crippen molar-refractivity contribution in [2.24, 2.45) is 0 Å². The third-order valence-corrected chi connectivity index (χ3v) is 6.94. The minimum atomic E-state index is -0.233. The van der Waals surface area contributed by atoms with E-state index in [2.05, 4.69) is 28.8 Å². The molecule has 154 valence electrons. The quantitative estimate of drug-likeness (QED) is 0.489. The SMILES string of the molecule is CNc1nc2c(C3(CCCCOc4ccc(F)cc4)CCNCC3)cccc2s1. The van der Waals surface area contributed by atoms with Gasteiger partial charge in [-0.2, -0.15) is 0 Å². The van der Waals surface area contributed by atoms with Gasteiger partial charge in [-0.05, 0) is 86.5 Å². The second-order valence-electron chi connectivity index (χ2n) is 7.71. The van der Waals surface area contributed by atoms with E-state index in [-0.39, 0.29) is 11.2 Å². The van der Waals surface area contributed by atoms with Gasteiger partial charge in [0.15, 0.2) is 5.13 Å². The number of para-hydroxylation sites is 1. The second kappa shape index (κ2) is 9.09. The van der Waals surface area contributed by atoms with E-state index in [1.165, 1.54) is 22.4 Å². The molecule has 1 fully saturated rings. The smallest absolute Gasteiger partial charge is 0.183 e. The van der Waals surface area contributed by atoms with Crippen LogP contribution in [-0.4, -0.2) is 31.7 Å². The second-order valence-corrected chi connectivity index (χ2v) is 8.74. The zero-order chi connectivity index (χ0) is 20.1. The van der Waals surface area contributed by atoms with E-state index in [4.69, 9.17) is 9.72 Å². The molecule has 0 unspecified atom stereocenters. The summed E-state index contributed by atoms with van der Waals surface area (Å²) >= 11 is 1.72. The molecule has 2 heterocycles. The normalized spacial score (nSPS) is 16.1. The molecule has 1 saturated heterocycles. The predicted molar refractivity (Wildman–Crippen MR) is 119 cm³/mol. The van der Waals surface area contributed by atoms with Gasteiger partial charge in [-0.25, -0.2) is 9.37 Å². The van der Waals surface area contributed by atoms with Crippen molar-refractivity contribution in [2.75, 3.05) is 32.1 Å². The van der Waals surface area contributed by atoms with Crippen LogP contribution in [0.4, 0.5) is 9.52 Å². The van der Waals surface area contributed by atoms with Gasteiger partial charge in [0.05, 0.1) is 16.8 Å². The van der Waals surface area contributed by atoms with Crippen molar-refractivity contribution in [3.63, 3.8) is 0 Å². The third kappa shape index (κ3) is 4.54. The number of hydrogen-bond donors (Lipinski definition) is 2. The Morgan fingerprint density at radius 1 is 1.14 bits per heavy atom. The van der Waals surface area contributed by atoms with E-state index in [0.29, 0.717) is 6.61 Å². The van der Waals surface area contributed by atoms with Gasteiger partial charge in [0, 0.05) is 7.05 Å². The molecule has 29 heavy (non-hydrogen) atoms. The van der Waals surface area contributed by atoms with E-state index in [9.17, 15) is 4.39 Å². The largest absolute Gasteiger partial charge is 0.494 e. The minimum Gasteiger partial charge on any atom is -0.494 e. The molecule has 0 atom stereocenters. The first-order chi connectivity index (χ1) is 14.2. The molecule has 2 N–H and O–H groups in total. The fourth-order valence-corrected chi connectivity index (χ4v) is 5.18. The number of fused-ring (bicyclic) bond motifs is 1. The first kappa shape index (κ1) is 20.1. The summed E-state index contributed by atoms with van der Waals surface area (Å²) in [4.78, 5) is 4.87. The number of halogens is 1. The Bertz CT molecular complexity index is 935. The number of aromatic nitrogens is 1. The number of nitrogens with zero attached hydrogens (tertiary/aromatic N) is 1. The van der Waals surface area contributed by atoms with Crippen LogP contribution in [0.5, 0.6) is 5.75 Å². The highest BCUT2D eigenvalue weighted by Crippen LogP contribution is 2.42. The molecule has 0 bridgehead atoms. The van der Waals surface area contributed by atoms with Gasteiger partial charge in [-0.3, -0.25) is 0 Å². The Hall–Kier alpha value is -2.18. The Balaban J connectivity index is 1.45. The van der Waals surface area contributed by atoms with E-state index in [0.717, 1.165) is 61.6 Å². The maximum atomic E-state index is 13.0. The fourth-order valence-electron chi connectivity index (χ4n) is 4.33. The predicted octanol–water partition coefficient (Wildman–Crippen LogP) is 5.35. The van der Waals surface area contributed by atoms with E-state index >= 15 is 0 Å². The number of piperidine rings is 1. The average molecular weight is 414 g/mol. The maximum Gasteiger partial charge on any atom is 0.183 e. The molecule has 1 aromatic heterocycles. The standard InChI is InChI=1S/C23H28FN3OS/c1-25-22-27-21-19(5-4-6-20(21)29-22)23(12-14-26-15-13-23)11-2-3-16-28-18-9-7-17(24)8-10-18/h4-10,26H,2-3,11-16H2,1H3,(H,25,27). The zero-order valence-electron chi connectivity index (χ0n) is 16.8. The lowest BCUT2D eigenvalue weighted by molar-refractivity contribution is 0.259. The van der Waals surface area contributed by atoms with Crippen molar-refractivity contribution in [1.29, 1.82) is 0 Å². The Labute approximate surface area is 175 Å². The first-order valence-electron chi connectivity index (χ1n) is 10.4. The van der Waals surface area contributed by atoms with Crippen LogP contribution in [0.3, 0.4) is 0 Å². The molecule has 0 amide bonds. The van der Waals surface area contributed by atoms with Crippen molar-refractivity contribution in [3.8, 4) is 5.75 Å². The molecule has 0 radical (unpaired) electrons. The Morgan fingerprint density at radius 2 is 1.93 bits per heavy atom. The van der Waals surface area contributed by atoms with Crippen LogP contribution in [0.25, 0.3) is 10.2 Å². The average Bonchev–Trinajstić information content (AvgIpc) is 3.19. The van der Waals surface area contributed by atoms with Crippen molar-refractivity contribution < 1.29 is 9.13 Å². The molecule has 0 saturated carbocycles. The topological polar surface area (TPSA) is 46.2 Å². The lowest BCUT2D eigenvalue weighted by Gasteiger charge is -2.38. The monoisotopic (exact) mass is 413 g/mol. The zero-order valence-corrected chi connectivity index (χ0v) is 17.7. The van der Waals surface area contributed by atoms with Crippen LogP contribution < -0.4 is 15.4 Å². The molecule has 0 aliphatic carbocycles. The molecule has 1 aliphatic heterocycles. The number of unbranched alkanes of at least 4 members (excludes halogenated alkanes) is 1. The highest BCUT2D eigenvalue weighted by Gasteiger charge is 2.35. The van der Waals surface area contributed by atoms with Gasteiger partial charge < -0.3 is 15.4 Å². The van der Waals surface area contributed by atoms with Crippen molar-refractivity contribution >= 4 is 26.7 Å². The van der Waals surface area contributed by atoms with E-state index in [1.54, 1.807) is 23.5 Å². The summed E-state index contributed by atoms with van der Waals surface area (Å²) in [6.07, 6.45) is 5.49. The number of benzene rings is 2. The number of hydrogen-bond acceptors (Lipinski definition) is 5. The van der Waals surface area contributed by atoms with Crippen LogP contribution in [0.15, 0.2) is 42.5 Å². The van der Waals surface area contributed by atoms with Crippen molar-refractivity contribution in [1.82, 2.24) is 10.3 Å². The molecule has 6 heteroatoms. The molecule has 3 aromatic rings. The third-order valence-electron chi connectivity index (χ3n) is 5.90. The molecular weight excluding hydrogens is 385 g/mol. The molecule has 1 aliphatic rings. The van der Waals surface area contributed by atoms with Gasteiger partial charge in [0.25, 0.3) is 0 Å². The summed E-state index contributed by atoms with van der Waals surface area (Å²) < 4.78 is 20.0. The van der Waals surface area contributed by atoms with Gasteiger partial charge in [-0.15, -0.1) is 0 Å². The number of anilines is 1. The van der Waals surface area contributed by atoms with Crippen LogP contribution in [0, 0.1) is 5.82 Å². The molecule has 2 aromatic carbocycles. The highest BCUT2D eigenvalue weighted by atomic mass is 32.1. The fraction of sp³-hybridized carbons (Fsp3) is 0.435. The summed E-state index contributed by atoms with van der Waals surface area (Å²) in [6, 6.07) is 12.9. The number of nitrogens with one attached hydrogen (secondary N) is 2. The van der Waals surface area contributed by atoms with Crippen LogP contribution in [-0.2, 0) is 5.41 Å². The van der Waals surface area contributed by atoms with E-state index in [1.807, 2.05) is 7.05 Å². The van der Waals surface area contributed by atoms with Crippen LogP contribution in [0.2, 0.25) is 0 Å². The van der Waals surface area contributed by atoms with Crippen molar-refractivity contribution in [3.05, 3.63) is 53.8 Å². The number of rotatable bonds is 8. The summed E-state index contributed by atoms with van der Waals surface area (Å²) in [5, 5.41) is 7.69. The first-order valence-corrected chi connectivity index (χ1v) is 11.2. The minimum absolute atomic E-state index is 0.166. The number of ether oxygens (including phenoxy) is 1. The van der Waals surface area contributed by atoms with Gasteiger partial charge in [-0.1, -0.05) is 23.5 Å². The Morgan fingerprint density at radius 3 is 2.69 bits per heavy atom. The lowest BCUT2D eigenvalue weighted by atomic mass is 9.69. The van der Waals surface area contributed by atoms with Gasteiger partial charge >= 0.3 is 0 Å². The van der Waals surface area contributed by atoms with Crippen molar-refractivity contribution in [2.45, 2.75) is 37.5 Å². The van der Waals surface area contributed by atoms with Crippen LogP contribution >= 0.6 is 11.3 Å². The number of thiazole rings is 1. The highest BCUT2D eigenvalue weighted by molar-refractivity contribution is 7.22. The molecule has 0 spiro atoms.